The number of nitrogens with two attached hydrogens (primary N) is 1. The lowest BCUT2D eigenvalue weighted by atomic mass is 9.90. The highest BCUT2D eigenvalue weighted by molar-refractivity contribution is 5.78. The third kappa shape index (κ3) is 4.84. The molecule has 1 amide bonds. The van der Waals surface area contributed by atoms with Crippen LogP contribution in [0.25, 0.3) is 0 Å². The number of rotatable bonds is 5. The van der Waals surface area contributed by atoms with Crippen molar-refractivity contribution < 1.29 is 4.79 Å². The summed E-state index contributed by atoms with van der Waals surface area (Å²) in [4.78, 5) is 14.4. The molecule has 1 aliphatic heterocycles. The summed E-state index contributed by atoms with van der Waals surface area (Å²) >= 11 is 0. The summed E-state index contributed by atoms with van der Waals surface area (Å²) in [6.07, 6.45) is 3.69. The number of carbonyl (C=O) groups excluding carboxylic acids is 1. The van der Waals surface area contributed by atoms with E-state index >= 15 is 0 Å². The molecule has 1 heterocycles. The first-order valence-corrected chi connectivity index (χ1v) is 8.57. The van der Waals surface area contributed by atoms with Crippen LogP contribution in [0, 0.1) is 11.8 Å². The van der Waals surface area contributed by atoms with E-state index in [1.165, 1.54) is 5.56 Å². The molecule has 3 nitrogen and oxygen atoms in total. The van der Waals surface area contributed by atoms with Crippen LogP contribution in [0.4, 0.5) is 0 Å². The Bertz CT molecular complexity index is 471. The van der Waals surface area contributed by atoms with Gasteiger partial charge in [0.25, 0.3) is 0 Å². The molecule has 0 radical (unpaired) electrons. The van der Waals surface area contributed by atoms with Crippen molar-refractivity contribution >= 4 is 5.91 Å². The molecule has 1 unspecified atom stereocenters. The van der Waals surface area contributed by atoms with Gasteiger partial charge in [-0.1, -0.05) is 38.1 Å². The number of nitrogens with zero attached hydrogens (tertiary/aromatic N) is 1. The molecule has 0 aromatic heterocycles. The predicted octanol–water partition coefficient (Wildman–Crippen LogP) is 3.01. The van der Waals surface area contributed by atoms with E-state index in [1.54, 1.807) is 0 Å². The summed E-state index contributed by atoms with van der Waals surface area (Å²) in [5.41, 5.74) is 8.43. The molecule has 1 fully saturated rings. The second-order valence-corrected chi connectivity index (χ2v) is 7.17. The first-order valence-electron chi connectivity index (χ1n) is 8.57. The van der Waals surface area contributed by atoms with Crippen LogP contribution in [0.3, 0.4) is 0 Å². The Kier molecular flexibility index (Phi) is 6.01. The Morgan fingerprint density at radius 3 is 2.18 bits per heavy atom. The molecule has 1 aliphatic rings. The van der Waals surface area contributed by atoms with Crippen molar-refractivity contribution in [3.8, 4) is 0 Å². The zero-order valence-electron chi connectivity index (χ0n) is 14.2. The Balaban J connectivity index is 1.84. The van der Waals surface area contributed by atoms with Gasteiger partial charge in [0.05, 0.1) is 6.42 Å². The van der Waals surface area contributed by atoms with Crippen molar-refractivity contribution in [2.24, 2.45) is 17.6 Å². The van der Waals surface area contributed by atoms with Crippen molar-refractivity contribution in [1.29, 1.82) is 0 Å². The van der Waals surface area contributed by atoms with E-state index in [0.29, 0.717) is 18.3 Å². The molecular formula is C19H30N2O. The van der Waals surface area contributed by atoms with Gasteiger partial charge in [-0.05, 0) is 49.1 Å². The maximum absolute atomic E-state index is 12.4. The second kappa shape index (κ2) is 7.77. The summed E-state index contributed by atoms with van der Waals surface area (Å²) < 4.78 is 0. The summed E-state index contributed by atoms with van der Waals surface area (Å²) in [6, 6.07) is 8.76. The molecule has 2 rings (SSSR count). The first-order chi connectivity index (χ1) is 10.5. The topological polar surface area (TPSA) is 46.3 Å². The van der Waals surface area contributed by atoms with Crippen LogP contribution in [-0.2, 0) is 17.6 Å². The smallest absolute Gasteiger partial charge is 0.226 e. The quantitative estimate of drug-likeness (QED) is 0.909. The standard InChI is InChI=1S/C19H30N2O/c1-14(2)12-16-4-6-17(7-5-16)13-19(22)21-10-8-18(9-11-21)15(3)20/h4-7,14-15,18H,8-13,20H2,1-3H3. The van der Waals surface area contributed by atoms with Gasteiger partial charge in [0, 0.05) is 19.1 Å². The fourth-order valence-corrected chi connectivity index (χ4v) is 3.23. The van der Waals surface area contributed by atoms with Gasteiger partial charge < -0.3 is 10.6 Å². The number of hydrogen-bond donors (Lipinski definition) is 1. The highest BCUT2D eigenvalue weighted by Crippen LogP contribution is 2.20. The van der Waals surface area contributed by atoms with E-state index in [2.05, 4.69) is 45.0 Å². The largest absolute Gasteiger partial charge is 0.342 e. The molecule has 2 N–H and O–H groups in total. The molecule has 1 aromatic carbocycles. The van der Waals surface area contributed by atoms with Crippen LogP contribution in [0.5, 0.6) is 0 Å². The molecule has 22 heavy (non-hydrogen) atoms. The van der Waals surface area contributed by atoms with Gasteiger partial charge in [0.2, 0.25) is 5.91 Å². The van der Waals surface area contributed by atoms with Gasteiger partial charge in [-0.25, -0.2) is 0 Å². The fourth-order valence-electron chi connectivity index (χ4n) is 3.23. The van der Waals surface area contributed by atoms with E-state index in [-0.39, 0.29) is 11.9 Å². The zero-order chi connectivity index (χ0) is 16.1. The van der Waals surface area contributed by atoms with Crippen LogP contribution < -0.4 is 5.73 Å². The van der Waals surface area contributed by atoms with Gasteiger partial charge in [-0.2, -0.15) is 0 Å². The lowest BCUT2D eigenvalue weighted by molar-refractivity contribution is -0.131. The maximum Gasteiger partial charge on any atom is 0.226 e. The van der Waals surface area contributed by atoms with Gasteiger partial charge in [-0.3, -0.25) is 4.79 Å². The fraction of sp³-hybridized carbons (Fsp3) is 0.632. The van der Waals surface area contributed by atoms with Crippen molar-refractivity contribution in [2.75, 3.05) is 13.1 Å². The summed E-state index contributed by atoms with van der Waals surface area (Å²) in [7, 11) is 0. The lowest BCUT2D eigenvalue weighted by Crippen LogP contribution is -2.43. The molecule has 1 atom stereocenters. The lowest BCUT2D eigenvalue weighted by Gasteiger charge is -2.33. The average molecular weight is 302 g/mol. The summed E-state index contributed by atoms with van der Waals surface area (Å²) in [5.74, 6) is 1.48. The van der Waals surface area contributed by atoms with Crippen molar-refractivity contribution in [1.82, 2.24) is 4.90 Å². The number of carbonyl (C=O) groups is 1. The third-order valence-corrected chi connectivity index (χ3v) is 4.66. The van der Waals surface area contributed by atoms with E-state index in [0.717, 1.165) is 37.9 Å². The molecule has 0 saturated carbocycles. The van der Waals surface area contributed by atoms with Gasteiger partial charge in [0.1, 0.15) is 0 Å². The van der Waals surface area contributed by atoms with Crippen molar-refractivity contribution in [3.63, 3.8) is 0 Å². The van der Waals surface area contributed by atoms with Gasteiger partial charge in [0.15, 0.2) is 0 Å². The normalized spacial score (nSPS) is 17.8. The van der Waals surface area contributed by atoms with E-state index < -0.39 is 0 Å². The molecule has 0 bridgehead atoms. The molecule has 0 aliphatic carbocycles. The second-order valence-electron chi connectivity index (χ2n) is 7.17. The highest BCUT2D eigenvalue weighted by Gasteiger charge is 2.24. The van der Waals surface area contributed by atoms with Crippen molar-refractivity contribution in [2.45, 2.75) is 52.5 Å². The minimum absolute atomic E-state index is 0.241. The van der Waals surface area contributed by atoms with E-state index in [4.69, 9.17) is 5.73 Å². The van der Waals surface area contributed by atoms with Gasteiger partial charge in [-0.15, -0.1) is 0 Å². The van der Waals surface area contributed by atoms with Gasteiger partial charge >= 0.3 is 0 Å². The molecule has 0 spiro atoms. The SMILES string of the molecule is CC(C)Cc1ccc(CC(=O)N2CCC(C(C)N)CC2)cc1. The van der Waals surface area contributed by atoms with Crippen molar-refractivity contribution in [3.05, 3.63) is 35.4 Å². The Hall–Kier alpha value is -1.35. The van der Waals surface area contributed by atoms with E-state index in [1.807, 2.05) is 4.90 Å². The van der Waals surface area contributed by atoms with Crippen LogP contribution in [-0.4, -0.2) is 29.9 Å². The Morgan fingerprint density at radius 1 is 1.14 bits per heavy atom. The molecule has 3 heteroatoms. The Morgan fingerprint density at radius 2 is 1.68 bits per heavy atom. The van der Waals surface area contributed by atoms with Crippen LogP contribution in [0.2, 0.25) is 0 Å². The minimum atomic E-state index is 0.241. The van der Waals surface area contributed by atoms with Crippen LogP contribution in [0.15, 0.2) is 24.3 Å². The Labute approximate surface area is 134 Å². The van der Waals surface area contributed by atoms with Crippen LogP contribution in [0.1, 0.15) is 44.7 Å². The third-order valence-electron chi connectivity index (χ3n) is 4.66. The highest BCUT2D eigenvalue weighted by atomic mass is 16.2. The van der Waals surface area contributed by atoms with Crippen LogP contribution >= 0.6 is 0 Å². The molecule has 1 saturated heterocycles. The number of piperidine rings is 1. The number of amides is 1. The number of hydrogen-bond acceptors (Lipinski definition) is 2. The monoisotopic (exact) mass is 302 g/mol. The molecule has 1 aromatic rings. The van der Waals surface area contributed by atoms with E-state index in [9.17, 15) is 4.79 Å². The maximum atomic E-state index is 12.4. The summed E-state index contributed by atoms with van der Waals surface area (Å²) in [5, 5.41) is 0. The predicted molar refractivity (Wildman–Crippen MR) is 91.6 cm³/mol. The zero-order valence-corrected chi connectivity index (χ0v) is 14.2. The first kappa shape index (κ1) is 17.0. The minimum Gasteiger partial charge on any atom is -0.342 e. The molecular weight excluding hydrogens is 272 g/mol. The number of benzene rings is 1. The number of likely N-dealkylation sites (tertiary alicyclic amines) is 1. The molecule has 122 valence electrons. The summed E-state index contributed by atoms with van der Waals surface area (Å²) in [6.45, 7) is 8.24. The average Bonchev–Trinajstić information content (AvgIpc) is 2.49.